The first-order valence-electron chi connectivity index (χ1n) is 10.8. The standard InChI is InChI=1S/C23H31NO5/c1-28-23(27)16-7-4-8-19(10-16)29-21-12-18-14-24(13-17(18)11-20(21)25)22(26)9-15-5-2-3-6-15/h4,7-8,10,15,17-18,20-21,25H,2-3,5-6,9,11-14H2,1H3/t17-,18+,20+,21+/m0/s1. The predicted octanol–water partition coefficient (Wildman–Crippen LogP) is 3.03. The lowest BCUT2D eigenvalue weighted by Gasteiger charge is -2.35. The lowest BCUT2D eigenvalue weighted by Crippen LogP contribution is -2.42. The van der Waals surface area contributed by atoms with Crippen molar-refractivity contribution in [1.82, 2.24) is 4.90 Å². The first-order chi connectivity index (χ1) is 14.0. The summed E-state index contributed by atoms with van der Waals surface area (Å²) in [5, 5.41) is 10.6. The zero-order chi connectivity index (χ0) is 20.4. The summed E-state index contributed by atoms with van der Waals surface area (Å²) in [6, 6.07) is 6.86. The number of methoxy groups -OCH3 is 1. The predicted molar refractivity (Wildman–Crippen MR) is 108 cm³/mol. The molecule has 1 amide bonds. The third-order valence-electron chi connectivity index (χ3n) is 6.92. The van der Waals surface area contributed by atoms with Gasteiger partial charge >= 0.3 is 5.97 Å². The lowest BCUT2D eigenvalue weighted by atomic mass is 9.78. The quantitative estimate of drug-likeness (QED) is 0.768. The molecule has 1 aromatic carbocycles. The van der Waals surface area contributed by atoms with Crippen molar-refractivity contribution in [3.8, 4) is 5.75 Å². The van der Waals surface area contributed by atoms with Crippen molar-refractivity contribution in [2.75, 3.05) is 20.2 Å². The molecule has 1 N–H and O–H groups in total. The summed E-state index contributed by atoms with van der Waals surface area (Å²) in [4.78, 5) is 26.5. The van der Waals surface area contributed by atoms with E-state index in [0.717, 1.165) is 19.5 Å². The average Bonchev–Trinajstić information content (AvgIpc) is 3.37. The number of rotatable bonds is 5. The van der Waals surface area contributed by atoms with Gasteiger partial charge < -0.3 is 19.5 Å². The largest absolute Gasteiger partial charge is 0.488 e. The van der Waals surface area contributed by atoms with Gasteiger partial charge in [0.15, 0.2) is 0 Å². The second-order valence-electron chi connectivity index (χ2n) is 8.89. The minimum atomic E-state index is -0.567. The summed E-state index contributed by atoms with van der Waals surface area (Å²) in [5.74, 6) is 1.70. The van der Waals surface area contributed by atoms with Crippen LogP contribution in [-0.4, -0.2) is 54.3 Å². The molecule has 4 atom stereocenters. The summed E-state index contributed by atoms with van der Waals surface area (Å²) >= 11 is 0. The van der Waals surface area contributed by atoms with E-state index < -0.39 is 12.1 Å². The maximum Gasteiger partial charge on any atom is 0.337 e. The van der Waals surface area contributed by atoms with E-state index in [1.807, 2.05) is 4.90 Å². The van der Waals surface area contributed by atoms with Crippen molar-refractivity contribution in [1.29, 1.82) is 0 Å². The van der Waals surface area contributed by atoms with Crippen LogP contribution in [0, 0.1) is 17.8 Å². The molecule has 0 unspecified atom stereocenters. The summed E-state index contributed by atoms with van der Waals surface area (Å²) < 4.78 is 10.8. The van der Waals surface area contributed by atoms with E-state index in [1.54, 1.807) is 24.3 Å². The molecule has 3 aliphatic rings. The zero-order valence-corrected chi connectivity index (χ0v) is 17.1. The number of likely N-dealkylation sites (tertiary alicyclic amines) is 1. The van der Waals surface area contributed by atoms with E-state index in [1.165, 1.54) is 32.8 Å². The Morgan fingerprint density at radius 2 is 1.86 bits per heavy atom. The molecule has 2 aliphatic carbocycles. The maximum absolute atomic E-state index is 12.7. The van der Waals surface area contributed by atoms with Crippen LogP contribution in [0.5, 0.6) is 5.75 Å². The molecule has 158 valence electrons. The van der Waals surface area contributed by atoms with Crippen LogP contribution in [0.25, 0.3) is 0 Å². The topological polar surface area (TPSA) is 76.1 Å². The van der Waals surface area contributed by atoms with Crippen LogP contribution < -0.4 is 4.74 Å². The third-order valence-corrected chi connectivity index (χ3v) is 6.92. The van der Waals surface area contributed by atoms with Gasteiger partial charge in [-0.25, -0.2) is 4.79 Å². The number of aliphatic hydroxyl groups is 1. The minimum Gasteiger partial charge on any atom is -0.488 e. The fourth-order valence-electron chi connectivity index (χ4n) is 5.30. The number of carbonyl (C=O) groups is 2. The second-order valence-corrected chi connectivity index (χ2v) is 8.89. The number of hydrogen-bond acceptors (Lipinski definition) is 5. The van der Waals surface area contributed by atoms with Crippen LogP contribution in [0.2, 0.25) is 0 Å². The van der Waals surface area contributed by atoms with Gasteiger partial charge in [0.25, 0.3) is 0 Å². The van der Waals surface area contributed by atoms with E-state index in [0.29, 0.717) is 41.9 Å². The maximum atomic E-state index is 12.7. The lowest BCUT2D eigenvalue weighted by molar-refractivity contribution is -0.131. The number of nitrogens with zero attached hydrogens (tertiary/aromatic N) is 1. The van der Waals surface area contributed by atoms with Crippen LogP contribution in [-0.2, 0) is 9.53 Å². The van der Waals surface area contributed by atoms with Gasteiger partial charge in [0, 0.05) is 19.5 Å². The van der Waals surface area contributed by atoms with Gasteiger partial charge in [0.2, 0.25) is 5.91 Å². The number of amides is 1. The smallest absolute Gasteiger partial charge is 0.337 e. The Balaban J connectivity index is 1.35. The van der Waals surface area contributed by atoms with Crippen LogP contribution >= 0.6 is 0 Å². The Morgan fingerprint density at radius 1 is 1.14 bits per heavy atom. The van der Waals surface area contributed by atoms with Crippen LogP contribution in [0.3, 0.4) is 0 Å². The van der Waals surface area contributed by atoms with Crippen molar-refractivity contribution in [2.45, 2.75) is 57.2 Å². The van der Waals surface area contributed by atoms with Gasteiger partial charge in [0.1, 0.15) is 11.9 Å². The van der Waals surface area contributed by atoms with Crippen molar-refractivity contribution in [3.63, 3.8) is 0 Å². The Labute approximate surface area is 172 Å². The van der Waals surface area contributed by atoms with Crippen molar-refractivity contribution < 1.29 is 24.2 Å². The molecule has 0 spiro atoms. The van der Waals surface area contributed by atoms with Gasteiger partial charge in [-0.05, 0) is 61.6 Å². The highest BCUT2D eigenvalue weighted by atomic mass is 16.5. The molecule has 3 fully saturated rings. The third kappa shape index (κ3) is 4.58. The molecule has 6 heteroatoms. The fourth-order valence-corrected chi connectivity index (χ4v) is 5.30. The Morgan fingerprint density at radius 3 is 2.59 bits per heavy atom. The molecule has 0 bridgehead atoms. The molecule has 29 heavy (non-hydrogen) atoms. The van der Waals surface area contributed by atoms with E-state index in [2.05, 4.69) is 0 Å². The first-order valence-corrected chi connectivity index (χ1v) is 10.8. The van der Waals surface area contributed by atoms with Crippen molar-refractivity contribution in [3.05, 3.63) is 29.8 Å². The molecule has 1 saturated heterocycles. The van der Waals surface area contributed by atoms with Crippen LogP contribution in [0.4, 0.5) is 0 Å². The van der Waals surface area contributed by atoms with Crippen LogP contribution in [0.1, 0.15) is 55.3 Å². The van der Waals surface area contributed by atoms with E-state index in [4.69, 9.17) is 9.47 Å². The summed E-state index contributed by atoms with van der Waals surface area (Å²) in [6.07, 6.45) is 6.05. The highest BCUT2D eigenvalue weighted by molar-refractivity contribution is 5.89. The summed E-state index contributed by atoms with van der Waals surface area (Å²) in [5.41, 5.74) is 0.428. The molecule has 4 rings (SSSR count). The highest BCUT2D eigenvalue weighted by Crippen LogP contribution is 2.39. The molecular weight excluding hydrogens is 370 g/mol. The molecule has 1 aromatic rings. The Bertz CT molecular complexity index is 745. The van der Waals surface area contributed by atoms with Gasteiger partial charge in [-0.1, -0.05) is 18.9 Å². The normalized spacial score (nSPS) is 29.5. The molecular formula is C23H31NO5. The Hall–Kier alpha value is -2.08. The number of fused-ring (bicyclic) bond motifs is 1. The number of benzene rings is 1. The minimum absolute atomic E-state index is 0.282. The molecule has 6 nitrogen and oxygen atoms in total. The molecule has 0 radical (unpaired) electrons. The Kier molecular flexibility index (Phi) is 6.09. The zero-order valence-electron chi connectivity index (χ0n) is 17.1. The summed E-state index contributed by atoms with van der Waals surface area (Å²) in [7, 11) is 1.35. The van der Waals surface area contributed by atoms with E-state index in [-0.39, 0.29) is 12.0 Å². The molecule has 1 aliphatic heterocycles. The molecule has 1 heterocycles. The summed E-state index contributed by atoms with van der Waals surface area (Å²) in [6.45, 7) is 1.53. The SMILES string of the molecule is COC(=O)c1cccc(O[C@@H]2C[C@@H]3CN(C(=O)CC4CCCC4)C[C@@H]3C[C@H]2O)c1. The number of hydrogen-bond donors (Lipinski definition) is 1. The monoisotopic (exact) mass is 401 g/mol. The van der Waals surface area contributed by atoms with Crippen molar-refractivity contribution in [2.24, 2.45) is 17.8 Å². The van der Waals surface area contributed by atoms with Gasteiger partial charge in [0.05, 0.1) is 18.8 Å². The highest BCUT2D eigenvalue weighted by Gasteiger charge is 2.44. The molecule has 0 aromatic heterocycles. The number of esters is 1. The molecule has 2 saturated carbocycles. The first kappa shape index (κ1) is 20.2. The number of ether oxygens (including phenoxy) is 2. The van der Waals surface area contributed by atoms with Gasteiger partial charge in [-0.15, -0.1) is 0 Å². The number of carbonyl (C=O) groups excluding carboxylic acids is 2. The van der Waals surface area contributed by atoms with E-state index in [9.17, 15) is 14.7 Å². The fraction of sp³-hybridized carbons (Fsp3) is 0.652. The second kappa shape index (κ2) is 8.74. The number of aliphatic hydroxyl groups excluding tert-OH is 1. The van der Waals surface area contributed by atoms with Gasteiger partial charge in [-0.3, -0.25) is 4.79 Å². The average molecular weight is 402 g/mol. The van der Waals surface area contributed by atoms with Crippen molar-refractivity contribution >= 4 is 11.9 Å². The van der Waals surface area contributed by atoms with Gasteiger partial charge in [-0.2, -0.15) is 0 Å². The van der Waals surface area contributed by atoms with Crippen LogP contribution in [0.15, 0.2) is 24.3 Å². The van der Waals surface area contributed by atoms with E-state index >= 15 is 0 Å².